The quantitative estimate of drug-likeness (QED) is 0.358. The summed E-state index contributed by atoms with van der Waals surface area (Å²) in [6, 6.07) is 9.44. The average Bonchev–Trinajstić information content (AvgIpc) is 2.42. The Balaban J connectivity index is 2.21. The van der Waals surface area contributed by atoms with Gasteiger partial charge in [0.05, 0.1) is 0 Å². The van der Waals surface area contributed by atoms with E-state index in [-0.39, 0.29) is 5.78 Å². The van der Waals surface area contributed by atoms with Crippen LogP contribution in [0.15, 0.2) is 54.6 Å². The summed E-state index contributed by atoms with van der Waals surface area (Å²) in [5.41, 5.74) is 0.792. The molecule has 1 rings (SSSR count). The highest BCUT2D eigenvalue weighted by Crippen LogP contribution is 2.04. The standard InChI is InChI=1S/C17H22O/c1-2-3-4-5-6-7-8-12-15-17(18)16-13-10-9-11-14-16/h5-6,8-14H,2-4,7,15H2,1H3/b6-5+,12-8+. The van der Waals surface area contributed by atoms with E-state index in [0.717, 1.165) is 18.4 Å². The summed E-state index contributed by atoms with van der Waals surface area (Å²) in [4.78, 5) is 11.7. The van der Waals surface area contributed by atoms with Gasteiger partial charge in [0.1, 0.15) is 0 Å². The van der Waals surface area contributed by atoms with Crippen LogP contribution in [0.4, 0.5) is 0 Å². The Morgan fingerprint density at radius 1 is 1.06 bits per heavy atom. The molecule has 0 amide bonds. The van der Waals surface area contributed by atoms with Crippen LogP contribution in [0.1, 0.15) is 49.4 Å². The number of hydrogen-bond donors (Lipinski definition) is 0. The molecule has 96 valence electrons. The summed E-state index contributed by atoms with van der Waals surface area (Å²) in [5.74, 6) is 0.182. The van der Waals surface area contributed by atoms with Gasteiger partial charge in [-0.2, -0.15) is 0 Å². The van der Waals surface area contributed by atoms with Crippen molar-refractivity contribution in [2.75, 3.05) is 0 Å². The van der Waals surface area contributed by atoms with E-state index in [2.05, 4.69) is 25.2 Å². The van der Waals surface area contributed by atoms with E-state index < -0.39 is 0 Å². The highest BCUT2D eigenvalue weighted by atomic mass is 16.1. The molecule has 1 aromatic carbocycles. The molecule has 0 radical (unpaired) electrons. The molecule has 1 aromatic rings. The molecule has 0 saturated carbocycles. The number of benzene rings is 1. The molecule has 0 unspecified atom stereocenters. The van der Waals surface area contributed by atoms with Gasteiger partial charge in [-0.3, -0.25) is 4.79 Å². The van der Waals surface area contributed by atoms with Gasteiger partial charge in [-0.15, -0.1) is 0 Å². The minimum absolute atomic E-state index is 0.182. The zero-order valence-electron chi connectivity index (χ0n) is 11.1. The number of ketones is 1. The Bertz CT molecular complexity index is 387. The number of allylic oxidation sites excluding steroid dienone is 4. The third-order valence-electron chi connectivity index (χ3n) is 2.73. The molecular formula is C17H22O. The molecule has 0 aliphatic heterocycles. The van der Waals surface area contributed by atoms with Gasteiger partial charge in [0.25, 0.3) is 0 Å². The summed E-state index contributed by atoms with van der Waals surface area (Å²) in [6.45, 7) is 2.20. The number of Topliss-reactive ketones (excluding diaryl/α,β-unsaturated/α-hetero) is 1. The van der Waals surface area contributed by atoms with Gasteiger partial charge in [-0.1, -0.05) is 74.4 Å². The molecule has 0 aliphatic rings. The van der Waals surface area contributed by atoms with Crippen molar-refractivity contribution in [1.82, 2.24) is 0 Å². The molecule has 1 heteroatoms. The second-order valence-corrected chi connectivity index (χ2v) is 4.31. The first-order valence-corrected chi connectivity index (χ1v) is 6.73. The second-order valence-electron chi connectivity index (χ2n) is 4.31. The molecular weight excluding hydrogens is 220 g/mol. The van der Waals surface area contributed by atoms with Crippen molar-refractivity contribution in [3.8, 4) is 0 Å². The first-order valence-electron chi connectivity index (χ1n) is 6.73. The Morgan fingerprint density at radius 3 is 2.50 bits per heavy atom. The lowest BCUT2D eigenvalue weighted by Gasteiger charge is -1.95. The minimum Gasteiger partial charge on any atom is -0.294 e. The summed E-state index contributed by atoms with van der Waals surface area (Å²) in [5, 5.41) is 0. The Morgan fingerprint density at radius 2 is 1.78 bits per heavy atom. The number of rotatable bonds is 8. The second kappa shape index (κ2) is 9.41. The fourth-order valence-corrected chi connectivity index (χ4v) is 1.64. The SMILES string of the molecule is CCCC/C=C/C/C=C/CC(=O)c1ccccc1. The highest BCUT2D eigenvalue weighted by molar-refractivity contribution is 5.96. The number of hydrogen-bond acceptors (Lipinski definition) is 1. The molecule has 0 aromatic heterocycles. The predicted molar refractivity (Wildman–Crippen MR) is 77.8 cm³/mol. The molecule has 0 spiro atoms. The van der Waals surface area contributed by atoms with E-state index in [1.165, 1.54) is 12.8 Å². The van der Waals surface area contributed by atoms with Gasteiger partial charge in [0.15, 0.2) is 5.78 Å². The molecule has 0 atom stereocenters. The Labute approximate surface area is 110 Å². The van der Waals surface area contributed by atoms with E-state index in [0.29, 0.717) is 6.42 Å². The lowest BCUT2D eigenvalue weighted by atomic mass is 10.1. The van der Waals surface area contributed by atoms with Gasteiger partial charge in [0, 0.05) is 12.0 Å². The van der Waals surface area contributed by atoms with Crippen molar-refractivity contribution in [2.24, 2.45) is 0 Å². The third-order valence-corrected chi connectivity index (χ3v) is 2.73. The summed E-state index contributed by atoms with van der Waals surface area (Å²) in [7, 11) is 0. The molecule has 0 fully saturated rings. The predicted octanol–water partition coefficient (Wildman–Crippen LogP) is 4.95. The van der Waals surface area contributed by atoms with Crippen LogP contribution in [-0.4, -0.2) is 5.78 Å². The van der Waals surface area contributed by atoms with Crippen LogP contribution in [0.5, 0.6) is 0 Å². The summed E-state index contributed by atoms with van der Waals surface area (Å²) < 4.78 is 0. The van der Waals surface area contributed by atoms with Crippen LogP contribution in [0.2, 0.25) is 0 Å². The van der Waals surface area contributed by atoms with Gasteiger partial charge in [-0.05, 0) is 12.8 Å². The van der Waals surface area contributed by atoms with E-state index >= 15 is 0 Å². The van der Waals surface area contributed by atoms with Crippen LogP contribution in [0, 0.1) is 0 Å². The smallest absolute Gasteiger partial charge is 0.166 e. The van der Waals surface area contributed by atoms with Gasteiger partial charge >= 0.3 is 0 Å². The normalized spacial score (nSPS) is 11.4. The lowest BCUT2D eigenvalue weighted by Crippen LogP contribution is -1.95. The van der Waals surface area contributed by atoms with E-state index in [1.54, 1.807) is 0 Å². The first kappa shape index (κ1) is 14.4. The van der Waals surface area contributed by atoms with Crippen LogP contribution in [0.3, 0.4) is 0 Å². The van der Waals surface area contributed by atoms with Crippen LogP contribution >= 0.6 is 0 Å². The van der Waals surface area contributed by atoms with Gasteiger partial charge in [0.2, 0.25) is 0 Å². The first-order chi connectivity index (χ1) is 8.84. The van der Waals surface area contributed by atoms with Crippen LogP contribution in [-0.2, 0) is 0 Å². The highest BCUT2D eigenvalue weighted by Gasteiger charge is 2.00. The van der Waals surface area contributed by atoms with E-state index in [4.69, 9.17) is 0 Å². The zero-order chi connectivity index (χ0) is 13.1. The van der Waals surface area contributed by atoms with Crippen molar-refractivity contribution >= 4 is 5.78 Å². The van der Waals surface area contributed by atoms with Gasteiger partial charge < -0.3 is 0 Å². The minimum atomic E-state index is 0.182. The fraction of sp³-hybridized carbons (Fsp3) is 0.353. The van der Waals surface area contributed by atoms with Crippen molar-refractivity contribution in [3.63, 3.8) is 0 Å². The Hall–Kier alpha value is -1.63. The van der Waals surface area contributed by atoms with E-state index in [1.807, 2.05) is 36.4 Å². The maximum atomic E-state index is 11.7. The van der Waals surface area contributed by atoms with Crippen molar-refractivity contribution in [1.29, 1.82) is 0 Å². The van der Waals surface area contributed by atoms with Crippen molar-refractivity contribution in [3.05, 3.63) is 60.2 Å². The van der Waals surface area contributed by atoms with Crippen LogP contribution in [0.25, 0.3) is 0 Å². The largest absolute Gasteiger partial charge is 0.294 e. The molecule has 0 saturated heterocycles. The third kappa shape index (κ3) is 6.19. The maximum absolute atomic E-state index is 11.7. The maximum Gasteiger partial charge on any atom is 0.166 e. The van der Waals surface area contributed by atoms with Crippen molar-refractivity contribution < 1.29 is 4.79 Å². The molecule has 0 bridgehead atoms. The number of carbonyl (C=O) groups excluding carboxylic acids is 1. The van der Waals surface area contributed by atoms with Gasteiger partial charge in [-0.25, -0.2) is 0 Å². The molecule has 0 N–H and O–H groups in total. The lowest BCUT2D eigenvalue weighted by molar-refractivity contribution is 0.0996. The molecule has 18 heavy (non-hydrogen) atoms. The average molecular weight is 242 g/mol. The summed E-state index contributed by atoms with van der Waals surface area (Å²) in [6.07, 6.45) is 13.5. The van der Waals surface area contributed by atoms with E-state index in [9.17, 15) is 4.79 Å². The topological polar surface area (TPSA) is 17.1 Å². The molecule has 0 aliphatic carbocycles. The molecule has 1 nitrogen and oxygen atoms in total. The van der Waals surface area contributed by atoms with Crippen LogP contribution < -0.4 is 0 Å². The monoisotopic (exact) mass is 242 g/mol. The zero-order valence-corrected chi connectivity index (χ0v) is 11.1. The summed E-state index contributed by atoms with van der Waals surface area (Å²) >= 11 is 0. The number of unbranched alkanes of at least 4 members (excludes halogenated alkanes) is 2. The fourth-order valence-electron chi connectivity index (χ4n) is 1.64. The number of carbonyl (C=O) groups is 1. The van der Waals surface area contributed by atoms with Crippen molar-refractivity contribution in [2.45, 2.75) is 39.0 Å². The Kier molecular flexibility index (Phi) is 7.54. The molecule has 0 heterocycles.